The van der Waals surface area contributed by atoms with E-state index in [9.17, 15) is 19.5 Å². The van der Waals surface area contributed by atoms with Gasteiger partial charge in [0.25, 0.3) is 0 Å². The Kier molecular flexibility index (Phi) is 23.0. The van der Waals surface area contributed by atoms with Crippen molar-refractivity contribution < 1.29 is 43.2 Å². The van der Waals surface area contributed by atoms with Crippen molar-refractivity contribution >= 4 is 35.3 Å². The van der Waals surface area contributed by atoms with Crippen molar-refractivity contribution in [2.75, 3.05) is 72.3 Å². The van der Waals surface area contributed by atoms with Gasteiger partial charge in [-0.1, -0.05) is 37.1 Å². The summed E-state index contributed by atoms with van der Waals surface area (Å²) in [5, 5.41) is 24.4. The zero-order valence-corrected chi connectivity index (χ0v) is 32.9. The number of urea groups is 1. The lowest BCUT2D eigenvalue weighted by atomic mass is 9.94. The molecule has 2 saturated heterocycles. The first-order chi connectivity index (χ1) is 25.8. The fourth-order valence-corrected chi connectivity index (χ4v) is 7.95. The number of aliphatic hydroxyl groups excluding tert-OH is 1. The first-order valence-electron chi connectivity index (χ1n) is 19.4. The standard InChI is InChI=1S/C38H65N5O9S/c1-28-14-15-30(10-6-4-5-7-11-32(48-3)37(46)29(2)26-28)42-43-35(45)16-18-49-20-22-51-24-25-52-23-21-50-19-17-39-34(44)13-9-8-12-33-36-31(27-53-33)40-38(47)41-36/h7,11,26,29,31-33,36-37,46H,4-6,8-10,12-25,27H2,1-3H3,(H,39,44)(H,43,45)(H2,40,41,47)/b11-7+,28-26-,42-30?/t29?,31?,32-,33?,36?,37-/m0/s1. The van der Waals surface area contributed by atoms with E-state index >= 15 is 0 Å². The van der Waals surface area contributed by atoms with Gasteiger partial charge in [-0.25, -0.2) is 10.2 Å². The Balaban J connectivity index is 1.10. The van der Waals surface area contributed by atoms with Gasteiger partial charge >= 0.3 is 6.03 Å². The highest BCUT2D eigenvalue weighted by Gasteiger charge is 2.42. The summed E-state index contributed by atoms with van der Waals surface area (Å²) in [7, 11) is 1.63. The van der Waals surface area contributed by atoms with Gasteiger partial charge in [0.2, 0.25) is 11.8 Å². The van der Waals surface area contributed by atoms with Gasteiger partial charge in [-0.3, -0.25) is 9.59 Å². The van der Waals surface area contributed by atoms with Crippen LogP contribution in [0, 0.1) is 5.92 Å². The maximum Gasteiger partial charge on any atom is 0.315 e. The third-order valence-corrected chi connectivity index (χ3v) is 11.0. The van der Waals surface area contributed by atoms with Gasteiger partial charge in [-0.05, 0) is 58.3 Å². The molecule has 0 spiro atoms. The number of hydrogen-bond acceptors (Lipinski definition) is 11. The Morgan fingerprint density at radius 2 is 1.64 bits per heavy atom. The summed E-state index contributed by atoms with van der Waals surface area (Å²) in [6, 6.07) is 0.389. The molecule has 0 saturated carbocycles. The molecular weight excluding hydrogens is 703 g/mol. The number of amides is 4. The Hall–Kier alpha value is -2.53. The van der Waals surface area contributed by atoms with Crippen LogP contribution in [0.2, 0.25) is 0 Å². The number of allylic oxidation sites excluding steroid dienone is 2. The summed E-state index contributed by atoms with van der Waals surface area (Å²) in [4.78, 5) is 35.9. The Labute approximate surface area is 320 Å². The van der Waals surface area contributed by atoms with Crippen LogP contribution in [0.5, 0.6) is 0 Å². The molecule has 0 aromatic heterocycles. The van der Waals surface area contributed by atoms with Crippen molar-refractivity contribution in [3.05, 3.63) is 23.8 Å². The summed E-state index contributed by atoms with van der Waals surface area (Å²) >= 11 is 1.90. The van der Waals surface area contributed by atoms with Crippen molar-refractivity contribution in [2.45, 2.75) is 114 Å². The third kappa shape index (κ3) is 19.1. The number of nitrogens with zero attached hydrogens (tertiary/aromatic N) is 1. The lowest BCUT2D eigenvalue weighted by Gasteiger charge is -2.23. The second-order valence-electron chi connectivity index (χ2n) is 13.9. The minimum Gasteiger partial charge on any atom is -0.389 e. The van der Waals surface area contributed by atoms with Gasteiger partial charge < -0.3 is 44.7 Å². The zero-order valence-electron chi connectivity index (χ0n) is 32.1. The molecule has 0 aromatic rings. The zero-order chi connectivity index (χ0) is 38.1. The van der Waals surface area contributed by atoms with Crippen LogP contribution >= 0.6 is 11.8 Å². The number of methoxy groups -OCH3 is 1. The molecule has 3 rings (SSSR count). The molecule has 4 unspecified atom stereocenters. The molecule has 0 bridgehead atoms. The largest absolute Gasteiger partial charge is 0.389 e. The van der Waals surface area contributed by atoms with Crippen molar-refractivity contribution in [3.63, 3.8) is 0 Å². The molecule has 302 valence electrons. The van der Waals surface area contributed by atoms with E-state index in [1.165, 1.54) is 5.57 Å². The van der Waals surface area contributed by atoms with Crippen LogP contribution in [-0.4, -0.2) is 130 Å². The van der Waals surface area contributed by atoms with E-state index in [1.54, 1.807) is 7.11 Å². The van der Waals surface area contributed by atoms with Crippen LogP contribution in [0.15, 0.2) is 28.9 Å². The molecule has 5 N–H and O–H groups in total. The highest BCUT2D eigenvalue weighted by molar-refractivity contribution is 8.00. The number of unbranched alkanes of at least 4 members (excludes halogenated alkanes) is 1. The van der Waals surface area contributed by atoms with Crippen LogP contribution in [0.25, 0.3) is 0 Å². The summed E-state index contributed by atoms with van der Waals surface area (Å²) in [6.45, 7) is 7.78. The van der Waals surface area contributed by atoms with Gasteiger partial charge in [0.05, 0.1) is 77.5 Å². The van der Waals surface area contributed by atoms with E-state index in [0.29, 0.717) is 64.5 Å². The van der Waals surface area contributed by atoms with Crippen molar-refractivity contribution in [3.8, 4) is 0 Å². The summed E-state index contributed by atoms with van der Waals surface area (Å²) in [6.07, 6.45) is 13.9. The summed E-state index contributed by atoms with van der Waals surface area (Å²) in [5.41, 5.74) is 4.84. The number of nitrogens with one attached hydrogen (secondary N) is 4. The predicted octanol–water partition coefficient (Wildman–Crippen LogP) is 3.63. The van der Waals surface area contributed by atoms with E-state index in [0.717, 1.165) is 69.3 Å². The molecule has 53 heavy (non-hydrogen) atoms. The van der Waals surface area contributed by atoms with Crippen LogP contribution in [0.3, 0.4) is 0 Å². The number of carbonyl (C=O) groups excluding carboxylic acids is 3. The topological polar surface area (TPSA) is 178 Å². The molecule has 3 aliphatic rings. The number of hydrogen-bond donors (Lipinski definition) is 5. The molecule has 15 heteroatoms. The van der Waals surface area contributed by atoms with E-state index in [-0.39, 0.29) is 55.0 Å². The Bertz CT molecular complexity index is 1170. The van der Waals surface area contributed by atoms with Crippen molar-refractivity contribution in [1.29, 1.82) is 0 Å². The fourth-order valence-electron chi connectivity index (χ4n) is 6.41. The van der Waals surface area contributed by atoms with E-state index in [1.807, 2.05) is 24.8 Å². The quantitative estimate of drug-likeness (QED) is 0.0473. The molecule has 4 amide bonds. The van der Waals surface area contributed by atoms with Crippen LogP contribution in [-0.2, 0) is 33.3 Å². The maximum atomic E-state index is 12.4. The van der Waals surface area contributed by atoms with Gasteiger partial charge in [-0.2, -0.15) is 16.9 Å². The number of aliphatic hydroxyl groups is 1. The smallest absolute Gasteiger partial charge is 0.315 e. The Morgan fingerprint density at radius 3 is 2.38 bits per heavy atom. The SMILES string of the molecule is CO[C@H]1/C=C/CCCCC(=NNC(=O)CCOCCOCCOCCOCCNC(=O)CCCCC2SCC3NC(=O)NC32)CC/C(C)=C\C(C)[C@@H]1O. The minimum absolute atomic E-state index is 0.0333. The minimum atomic E-state index is -0.610. The molecule has 2 fully saturated rings. The lowest BCUT2D eigenvalue weighted by Crippen LogP contribution is -2.36. The number of hydrazone groups is 1. The molecule has 14 nitrogen and oxygen atoms in total. The number of carbonyl (C=O) groups is 3. The molecular formula is C38H65N5O9S. The molecule has 1 aliphatic carbocycles. The fraction of sp³-hybridized carbons (Fsp3) is 0.789. The van der Waals surface area contributed by atoms with Gasteiger partial charge in [-0.15, -0.1) is 0 Å². The normalized spacial score (nSPS) is 27.6. The number of ether oxygens (including phenoxy) is 5. The second-order valence-corrected chi connectivity index (χ2v) is 15.1. The maximum absolute atomic E-state index is 12.4. The highest BCUT2D eigenvalue weighted by atomic mass is 32.2. The third-order valence-electron chi connectivity index (χ3n) is 9.49. The lowest BCUT2D eigenvalue weighted by molar-refractivity contribution is -0.122. The first-order valence-corrected chi connectivity index (χ1v) is 20.5. The average Bonchev–Trinajstić information content (AvgIpc) is 3.70. The molecule has 6 atom stereocenters. The summed E-state index contributed by atoms with van der Waals surface area (Å²) in [5.74, 6) is 0.758. The number of fused-ring (bicyclic) bond motifs is 1. The Morgan fingerprint density at radius 1 is 0.925 bits per heavy atom. The van der Waals surface area contributed by atoms with Crippen LogP contribution < -0.4 is 21.4 Å². The van der Waals surface area contributed by atoms with Gasteiger partial charge in [0.1, 0.15) is 6.10 Å². The van der Waals surface area contributed by atoms with E-state index in [2.05, 4.69) is 45.6 Å². The average molecular weight is 768 g/mol. The number of thioether (sulfide) groups is 1. The van der Waals surface area contributed by atoms with Gasteiger partial charge in [0.15, 0.2) is 0 Å². The van der Waals surface area contributed by atoms with Gasteiger partial charge in [0, 0.05) is 42.7 Å². The predicted molar refractivity (Wildman–Crippen MR) is 207 cm³/mol. The monoisotopic (exact) mass is 767 g/mol. The molecule has 2 aliphatic heterocycles. The highest BCUT2D eigenvalue weighted by Crippen LogP contribution is 2.33. The molecule has 0 radical (unpaired) electrons. The second kappa shape index (κ2) is 27.1. The van der Waals surface area contributed by atoms with Crippen molar-refractivity contribution in [2.24, 2.45) is 11.0 Å². The molecule has 0 aromatic carbocycles. The van der Waals surface area contributed by atoms with Crippen molar-refractivity contribution in [1.82, 2.24) is 21.4 Å². The number of rotatable bonds is 22. The summed E-state index contributed by atoms with van der Waals surface area (Å²) < 4.78 is 27.6. The van der Waals surface area contributed by atoms with E-state index in [4.69, 9.17) is 23.7 Å². The van der Waals surface area contributed by atoms with Crippen LogP contribution in [0.4, 0.5) is 4.79 Å². The van der Waals surface area contributed by atoms with E-state index < -0.39 is 6.10 Å². The van der Waals surface area contributed by atoms with Crippen LogP contribution in [0.1, 0.15) is 84.5 Å². The molecule has 2 heterocycles. The first kappa shape index (κ1) is 44.9.